The summed E-state index contributed by atoms with van der Waals surface area (Å²) in [5.74, 6) is 0.668. The number of rotatable bonds is 4. The first kappa shape index (κ1) is 10.7. The molecule has 0 aliphatic heterocycles. The van der Waals surface area contributed by atoms with E-state index in [1.165, 1.54) is 0 Å². The zero-order valence-corrected chi connectivity index (χ0v) is 9.56. The van der Waals surface area contributed by atoms with Crippen molar-refractivity contribution in [1.29, 1.82) is 0 Å². The van der Waals surface area contributed by atoms with Gasteiger partial charge >= 0.3 is 0 Å². The van der Waals surface area contributed by atoms with Crippen molar-refractivity contribution in [3.8, 4) is 0 Å². The maximum Gasteiger partial charge on any atom is 0.0795 e. The van der Waals surface area contributed by atoms with Gasteiger partial charge in [-0.25, -0.2) is 4.98 Å². The van der Waals surface area contributed by atoms with Crippen molar-refractivity contribution in [2.75, 3.05) is 0 Å². The summed E-state index contributed by atoms with van der Waals surface area (Å²) in [4.78, 5) is 4.28. The minimum Gasteiger partial charge on any atom is -0.306 e. The molecule has 3 heteroatoms. The predicted octanol–water partition coefficient (Wildman–Crippen LogP) is 2.84. The molecule has 1 N–H and O–H groups in total. The normalized spacial score (nSPS) is 16.1. The minimum absolute atomic E-state index is 0.364. The summed E-state index contributed by atoms with van der Waals surface area (Å²) in [7, 11) is 0. The first-order valence-electron chi connectivity index (χ1n) is 4.75. The molecule has 0 amide bonds. The Hall–Kier alpha value is -0.410. The Morgan fingerprint density at radius 3 is 2.46 bits per heavy atom. The highest BCUT2D eigenvalue weighted by atomic mass is 32.1. The zero-order valence-electron chi connectivity index (χ0n) is 8.74. The number of thiazole rings is 1. The van der Waals surface area contributed by atoms with E-state index in [2.05, 4.69) is 43.4 Å². The van der Waals surface area contributed by atoms with Gasteiger partial charge in [0.1, 0.15) is 0 Å². The summed E-state index contributed by atoms with van der Waals surface area (Å²) < 4.78 is 0. The highest BCUT2D eigenvalue weighted by molar-refractivity contribution is 7.07. The van der Waals surface area contributed by atoms with Gasteiger partial charge in [-0.15, -0.1) is 11.3 Å². The average Bonchev–Trinajstić information content (AvgIpc) is 2.55. The Kier molecular flexibility index (Phi) is 3.88. The summed E-state index contributed by atoms with van der Waals surface area (Å²) in [6.07, 6.45) is 0. The van der Waals surface area contributed by atoms with E-state index in [-0.39, 0.29) is 0 Å². The fourth-order valence-corrected chi connectivity index (χ4v) is 1.76. The van der Waals surface area contributed by atoms with E-state index in [1.807, 2.05) is 5.51 Å². The Bertz CT molecular complexity index is 231. The van der Waals surface area contributed by atoms with Gasteiger partial charge in [0.15, 0.2) is 0 Å². The lowest BCUT2D eigenvalue weighted by molar-refractivity contribution is 0.386. The Morgan fingerprint density at radius 2 is 2.00 bits per heavy atom. The van der Waals surface area contributed by atoms with Crippen LogP contribution in [0.5, 0.6) is 0 Å². The molecule has 1 rings (SSSR count). The molecule has 1 aromatic heterocycles. The molecule has 2 nitrogen and oxygen atoms in total. The SMILES string of the molecule is CC(NC(C)C(C)C)c1cscn1. The van der Waals surface area contributed by atoms with Gasteiger partial charge in [0, 0.05) is 17.5 Å². The van der Waals surface area contributed by atoms with Gasteiger partial charge in [-0.1, -0.05) is 13.8 Å². The van der Waals surface area contributed by atoms with E-state index in [9.17, 15) is 0 Å². The highest BCUT2D eigenvalue weighted by Gasteiger charge is 2.12. The van der Waals surface area contributed by atoms with E-state index in [0.29, 0.717) is 18.0 Å². The average molecular weight is 198 g/mol. The molecular weight excluding hydrogens is 180 g/mol. The van der Waals surface area contributed by atoms with Gasteiger partial charge in [0.2, 0.25) is 0 Å². The van der Waals surface area contributed by atoms with Crippen LogP contribution in [0.2, 0.25) is 0 Å². The summed E-state index contributed by atoms with van der Waals surface area (Å²) in [5, 5.41) is 5.63. The van der Waals surface area contributed by atoms with Crippen molar-refractivity contribution >= 4 is 11.3 Å². The maximum atomic E-state index is 4.28. The van der Waals surface area contributed by atoms with Crippen LogP contribution in [0, 0.1) is 5.92 Å². The third-order valence-electron chi connectivity index (χ3n) is 2.41. The molecule has 2 unspecified atom stereocenters. The third kappa shape index (κ3) is 3.08. The fourth-order valence-electron chi connectivity index (χ4n) is 1.11. The fraction of sp³-hybridized carbons (Fsp3) is 0.700. The molecule has 0 bridgehead atoms. The van der Waals surface area contributed by atoms with Crippen LogP contribution in [0.3, 0.4) is 0 Å². The first-order chi connectivity index (χ1) is 6.11. The van der Waals surface area contributed by atoms with Crippen LogP contribution in [0.15, 0.2) is 10.9 Å². The summed E-state index contributed by atoms with van der Waals surface area (Å²) in [6, 6.07) is 0.903. The smallest absolute Gasteiger partial charge is 0.0795 e. The minimum atomic E-state index is 0.364. The molecule has 74 valence electrons. The number of aromatic nitrogens is 1. The van der Waals surface area contributed by atoms with Gasteiger partial charge in [-0.2, -0.15) is 0 Å². The van der Waals surface area contributed by atoms with Gasteiger partial charge < -0.3 is 5.32 Å². The number of nitrogens with zero attached hydrogens (tertiary/aromatic N) is 1. The van der Waals surface area contributed by atoms with Crippen LogP contribution in [0.1, 0.15) is 39.4 Å². The van der Waals surface area contributed by atoms with E-state index in [4.69, 9.17) is 0 Å². The second-order valence-corrected chi connectivity index (χ2v) is 4.55. The van der Waals surface area contributed by atoms with Gasteiger partial charge in [0.05, 0.1) is 11.2 Å². The van der Waals surface area contributed by atoms with Crippen LogP contribution >= 0.6 is 11.3 Å². The summed E-state index contributed by atoms with van der Waals surface area (Å²) >= 11 is 1.65. The van der Waals surface area contributed by atoms with E-state index in [0.717, 1.165) is 5.69 Å². The lowest BCUT2D eigenvalue weighted by atomic mass is 10.1. The molecule has 13 heavy (non-hydrogen) atoms. The lowest BCUT2D eigenvalue weighted by Crippen LogP contribution is -2.33. The second kappa shape index (κ2) is 4.72. The van der Waals surface area contributed by atoms with Gasteiger partial charge in [-0.05, 0) is 19.8 Å². The van der Waals surface area contributed by atoms with Crippen molar-refractivity contribution in [1.82, 2.24) is 10.3 Å². The van der Waals surface area contributed by atoms with E-state index in [1.54, 1.807) is 11.3 Å². The Labute approximate surface area is 84.4 Å². The molecule has 0 aliphatic carbocycles. The molecule has 0 fully saturated rings. The number of nitrogens with one attached hydrogen (secondary N) is 1. The molecule has 0 radical (unpaired) electrons. The van der Waals surface area contributed by atoms with Gasteiger partial charge in [-0.3, -0.25) is 0 Å². The molecule has 0 saturated carbocycles. The van der Waals surface area contributed by atoms with E-state index < -0.39 is 0 Å². The summed E-state index contributed by atoms with van der Waals surface area (Å²) in [6.45, 7) is 8.83. The maximum absolute atomic E-state index is 4.28. The molecule has 1 aromatic rings. The molecule has 2 atom stereocenters. The van der Waals surface area contributed by atoms with Crippen molar-refractivity contribution < 1.29 is 0 Å². The first-order valence-corrected chi connectivity index (χ1v) is 5.69. The van der Waals surface area contributed by atoms with Gasteiger partial charge in [0.25, 0.3) is 0 Å². The standard InChI is InChI=1S/C10H18N2S/c1-7(2)8(3)12-9(4)10-5-13-6-11-10/h5-9,12H,1-4H3. The largest absolute Gasteiger partial charge is 0.306 e. The topological polar surface area (TPSA) is 24.9 Å². The molecule has 0 spiro atoms. The predicted molar refractivity (Wildman–Crippen MR) is 58.0 cm³/mol. The van der Waals surface area contributed by atoms with Crippen LogP contribution in [0.4, 0.5) is 0 Å². The van der Waals surface area contributed by atoms with Crippen LogP contribution in [-0.4, -0.2) is 11.0 Å². The summed E-state index contributed by atoms with van der Waals surface area (Å²) in [5.41, 5.74) is 3.03. The zero-order chi connectivity index (χ0) is 9.84. The van der Waals surface area contributed by atoms with Crippen LogP contribution < -0.4 is 5.32 Å². The van der Waals surface area contributed by atoms with Crippen molar-refractivity contribution in [2.45, 2.75) is 39.8 Å². The molecule has 1 heterocycles. The molecule has 0 saturated heterocycles. The molecule has 0 aliphatic rings. The molecule has 0 aromatic carbocycles. The third-order valence-corrected chi connectivity index (χ3v) is 3.01. The Morgan fingerprint density at radius 1 is 1.31 bits per heavy atom. The number of hydrogen-bond donors (Lipinski definition) is 1. The number of hydrogen-bond acceptors (Lipinski definition) is 3. The van der Waals surface area contributed by atoms with Crippen LogP contribution in [0.25, 0.3) is 0 Å². The Balaban J connectivity index is 2.46. The van der Waals surface area contributed by atoms with Crippen molar-refractivity contribution in [3.63, 3.8) is 0 Å². The van der Waals surface area contributed by atoms with Crippen molar-refractivity contribution in [2.24, 2.45) is 5.92 Å². The second-order valence-electron chi connectivity index (χ2n) is 3.83. The lowest BCUT2D eigenvalue weighted by Gasteiger charge is -2.21. The highest BCUT2D eigenvalue weighted by Crippen LogP contribution is 2.14. The molecular formula is C10H18N2S. The van der Waals surface area contributed by atoms with Crippen molar-refractivity contribution in [3.05, 3.63) is 16.6 Å². The monoisotopic (exact) mass is 198 g/mol. The van der Waals surface area contributed by atoms with Crippen LogP contribution in [-0.2, 0) is 0 Å². The quantitative estimate of drug-likeness (QED) is 0.804. The van der Waals surface area contributed by atoms with E-state index >= 15 is 0 Å².